The summed E-state index contributed by atoms with van der Waals surface area (Å²) in [6.45, 7) is 3.15. The number of carbonyl (C=O) groups excluding carboxylic acids is 2. The lowest BCUT2D eigenvalue weighted by molar-refractivity contribution is -0.141. The molecule has 1 aromatic rings. The lowest BCUT2D eigenvalue weighted by atomic mass is 9.94. The highest BCUT2D eigenvalue weighted by Gasteiger charge is 2.45. The Kier molecular flexibility index (Phi) is 5.68. The van der Waals surface area contributed by atoms with Crippen molar-refractivity contribution in [1.29, 1.82) is 0 Å². The third-order valence-electron chi connectivity index (χ3n) is 6.05. The molecule has 0 aromatic heterocycles. The number of amides is 2. The molecule has 2 fully saturated rings. The number of rotatable bonds is 3. The molecule has 0 unspecified atom stereocenters. The van der Waals surface area contributed by atoms with Gasteiger partial charge in [-0.2, -0.15) is 0 Å². The number of hydrogen-bond acceptors (Lipinski definition) is 4. The summed E-state index contributed by atoms with van der Waals surface area (Å²) in [5.74, 6) is -0.377. The van der Waals surface area contributed by atoms with Crippen molar-refractivity contribution in [2.75, 3.05) is 33.2 Å². The smallest absolute Gasteiger partial charge is 0.278 e. The van der Waals surface area contributed by atoms with Crippen molar-refractivity contribution in [3.8, 4) is 0 Å². The molecule has 3 aliphatic rings. The molecule has 28 heavy (non-hydrogen) atoms. The van der Waals surface area contributed by atoms with Crippen LogP contribution in [0.5, 0.6) is 0 Å². The van der Waals surface area contributed by atoms with Crippen LogP contribution in [-0.4, -0.2) is 65.8 Å². The minimum atomic E-state index is -0.213. The van der Waals surface area contributed by atoms with E-state index in [1.54, 1.807) is 18.2 Å². The summed E-state index contributed by atoms with van der Waals surface area (Å²) in [5.41, 5.74) is 1.53. The van der Waals surface area contributed by atoms with Crippen molar-refractivity contribution >= 4 is 40.6 Å². The van der Waals surface area contributed by atoms with Gasteiger partial charge in [0.05, 0.1) is 10.6 Å². The molecule has 5 nitrogen and oxygen atoms in total. The zero-order valence-corrected chi connectivity index (χ0v) is 17.6. The van der Waals surface area contributed by atoms with Crippen LogP contribution in [0.3, 0.4) is 0 Å². The molecule has 0 spiro atoms. The fourth-order valence-electron chi connectivity index (χ4n) is 4.46. The Balaban J connectivity index is 1.77. The van der Waals surface area contributed by atoms with Crippen LogP contribution >= 0.6 is 23.2 Å². The van der Waals surface area contributed by atoms with E-state index in [2.05, 4.69) is 16.8 Å². The molecule has 4 rings (SSSR count). The van der Waals surface area contributed by atoms with Gasteiger partial charge in [-0.1, -0.05) is 48.5 Å². The molecule has 2 aliphatic heterocycles. The number of imide groups is 1. The number of carbonyl (C=O) groups is 2. The van der Waals surface area contributed by atoms with Crippen molar-refractivity contribution in [3.05, 3.63) is 39.5 Å². The zero-order valence-electron chi connectivity index (χ0n) is 16.1. The van der Waals surface area contributed by atoms with Crippen LogP contribution in [0.15, 0.2) is 23.9 Å². The van der Waals surface area contributed by atoms with Crippen LogP contribution in [0.4, 0.5) is 0 Å². The molecule has 1 saturated heterocycles. The normalized spacial score (nSPS) is 22.5. The second-order valence-electron chi connectivity index (χ2n) is 7.91. The van der Waals surface area contributed by atoms with Gasteiger partial charge in [0.2, 0.25) is 0 Å². The maximum Gasteiger partial charge on any atom is 0.278 e. The van der Waals surface area contributed by atoms with Crippen LogP contribution < -0.4 is 0 Å². The lowest BCUT2D eigenvalue weighted by Gasteiger charge is -2.35. The van der Waals surface area contributed by atoms with E-state index in [0.29, 0.717) is 26.9 Å². The average molecular weight is 422 g/mol. The minimum Gasteiger partial charge on any atom is -0.364 e. The van der Waals surface area contributed by atoms with E-state index in [0.717, 1.165) is 51.9 Å². The number of halogens is 2. The van der Waals surface area contributed by atoms with E-state index in [-0.39, 0.29) is 17.9 Å². The Bertz CT molecular complexity index is 825. The number of hydrogen-bond donors (Lipinski definition) is 0. The van der Waals surface area contributed by atoms with Gasteiger partial charge < -0.3 is 9.80 Å². The maximum atomic E-state index is 13.5. The maximum absolute atomic E-state index is 13.5. The van der Waals surface area contributed by atoms with Gasteiger partial charge in [-0.3, -0.25) is 14.5 Å². The third kappa shape index (κ3) is 3.56. The van der Waals surface area contributed by atoms with Gasteiger partial charge in [0.25, 0.3) is 11.8 Å². The molecule has 1 saturated carbocycles. The van der Waals surface area contributed by atoms with Crippen molar-refractivity contribution < 1.29 is 9.59 Å². The van der Waals surface area contributed by atoms with E-state index in [4.69, 9.17) is 23.2 Å². The second kappa shape index (κ2) is 8.05. The standard InChI is InChI=1S/C21H25Cl2N3O2/c1-24-9-11-25(12-10-24)19-18(16-8-7-14(22)13-17(16)23)20(27)26(21(19)28)15-5-3-2-4-6-15/h7-8,13,15H,2-6,9-12H2,1H3. The van der Waals surface area contributed by atoms with E-state index >= 15 is 0 Å². The van der Waals surface area contributed by atoms with Crippen molar-refractivity contribution in [3.63, 3.8) is 0 Å². The summed E-state index contributed by atoms with van der Waals surface area (Å²) in [7, 11) is 2.07. The van der Waals surface area contributed by atoms with Crippen LogP contribution in [0.2, 0.25) is 10.0 Å². The summed E-state index contributed by atoms with van der Waals surface area (Å²) in [6.07, 6.45) is 5.05. The molecular weight excluding hydrogens is 397 g/mol. The monoisotopic (exact) mass is 421 g/mol. The van der Waals surface area contributed by atoms with Crippen LogP contribution in [-0.2, 0) is 9.59 Å². The molecular formula is C21H25Cl2N3O2. The van der Waals surface area contributed by atoms with Gasteiger partial charge in [0.15, 0.2) is 0 Å². The molecule has 1 aromatic carbocycles. The number of nitrogens with zero attached hydrogens (tertiary/aromatic N) is 3. The van der Waals surface area contributed by atoms with E-state index in [1.807, 2.05) is 0 Å². The predicted octanol–water partition coefficient (Wildman–Crippen LogP) is 3.65. The molecule has 7 heteroatoms. The molecule has 2 amide bonds. The highest BCUT2D eigenvalue weighted by atomic mass is 35.5. The third-order valence-corrected chi connectivity index (χ3v) is 6.60. The van der Waals surface area contributed by atoms with E-state index < -0.39 is 0 Å². The number of benzene rings is 1. The minimum absolute atomic E-state index is 0.0141. The Hall–Kier alpha value is -1.56. The second-order valence-corrected chi connectivity index (χ2v) is 8.75. The van der Waals surface area contributed by atoms with Gasteiger partial charge in [-0.05, 0) is 32.0 Å². The topological polar surface area (TPSA) is 43.9 Å². The fourth-order valence-corrected chi connectivity index (χ4v) is 4.97. The van der Waals surface area contributed by atoms with Crippen LogP contribution in [0.1, 0.15) is 37.7 Å². The molecule has 0 bridgehead atoms. The first-order valence-electron chi connectivity index (χ1n) is 9.98. The van der Waals surface area contributed by atoms with Crippen molar-refractivity contribution in [1.82, 2.24) is 14.7 Å². The molecule has 2 heterocycles. The highest BCUT2D eigenvalue weighted by molar-refractivity contribution is 6.41. The zero-order chi connectivity index (χ0) is 19.8. The molecule has 0 atom stereocenters. The SMILES string of the molecule is CN1CCN(C2=C(c3ccc(Cl)cc3Cl)C(=O)N(C3CCCCC3)C2=O)CC1. The van der Waals surface area contributed by atoms with Gasteiger partial charge >= 0.3 is 0 Å². The Morgan fingerprint density at radius 2 is 1.61 bits per heavy atom. The van der Waals surface area contributed by atoms with E-state index in [1.165, 1.54) is 11.3 Å². The van der Waals surface area contributed by atoms with Gasteiger partial charge in [0, 0.05) is 42.8 Å². The highest BCUT2D eigenvalue weighted by Crippen LogP contribution is 2.39. The van der Waals surface area contributed by atoms with Gasteiger partial charge in [0.1, 0.15) is 5.70 Å². The van der Waals surface area contributed by atoms with Gasteiger partial charge in [-0.25, -0.2) is 0 Å². The molecule has 0 N–H and O–H groups in total. The summed E-state index contributed by atoms with van der Waals surface area (Å²) < 4.78 is 0. The first-order valence-corrected chi connectivity index (χ1v) is 10.7. The molecule has 1 aliphatic carbocycles. The lowest BCUT2D eigenvalue weighted by Crippen LogP contribution is -2.47. The Morgan fingerprint density at radius 3 is 2.25 bits per heavy atom. The van der Waals surface area contributed by atoms with Gasteiger partial charge in [-0.15, -0.1) is 0 Å². The number of likely N-dealkylation sites (N-methyl/N-ethyl adjacent to an activating group) is 1. The summed E-state index contributed by atoms with van der Waals surface area (Å²) in [5, 5.41) is 0.914. The van der Waals surface area contributed by atoms with Crippen LogP contribution in [0, 0.1) is 0 Å². The quantitative estimate of drug-likeness (QED) is 0.698. The first-order chi connectivity index (χ1) is 13.5. The molecule has 0 radical (unpaired) electrons. The average Bonchev–Trinajstić information content (AvgIpc) is 2.93. The fraction of sp³-hybridized carbons (Fsp3) is 0.524. The summed E-state index contributed by atoms with van der Waals surface area (Å²) in [6, 6.07) is 5.10. The first kappa shape index (κ1) is 19.7. The summed E-state index contributed by atoms with van der Waals surface area (Å²) in [4.78, 5) is 32.8. The Labute approximate surface area is 175 Å². The number of piperazine rings is 1. The van der Waals surface area contributed by atoms with Crippen molar-refractivity contribution in [2.45, 2.75) is 38.1 Å². The predicted molar refractivity (Wildman–Crippen MR) is 111 cm³/mol. The Morgan fingerprint density at radius 1 is 0.929 bits per heavy atom. The van der Waals surface area contributed by atoms with E-state index in [9.17, 15) is 9.59 Å². The van der Waals surface area contributed by atoms with Crippen molar-refractivity contribution in [2.24, 2.45) is 0 Å². The largest absolute Gasteiger partial charge is 0.364 e. The van der Waals surface area contributed by atoms with Crippen LogP contribution in [0.25, 0.3) is 5.57 Å². The summed E-state index contributed by atoms with van der Waals surface area (Å²) >= 11 is 12.5. The molecule has 150 valence electrons.